The molecule has 0 bridgehead atoms. The molecule has 0 aliphatic rings. The quantitative estimate of drug-likeness (QED) is 0.756. The van der Waals surface area contributed by atoms with Crippen molar-refractivity contribution in [1.29, 1.82) is 0 Å². The third-order valence-electron chi connectivity index (χ3n) is 2.86. The Kier molecular flexibility index (Phi) is 4.67. The predicted octanol–water partition coefficient (Wildman–Crippen LogP) is 4.29. The minimum absolute atomic E-state index is 0.574. The second kappa shape index (κ2) is 5.79. The molecule has 1 heteroatoms. The van der Waals surface area contributed by atoms with Crippen molar-refractivity contribution >= 4 is 5.69 Å². The molecule has 1 nitrogen and oxygen atoms in total. The number of nitrogens with one attached hydrogen (secondary N) is 1. The highest BCUT2D eigenvalue weighted by molar-refractivity contribution is 5.57. The highest BCUT2D eigenvalue weighted by Gasteiger charge is 2.05. The van der Waals surface area contributed by atoms with Gasteiger partial charge in [0.05, 0.1) is 0 Å². The summed E-state index contributed by atoms with van der Waals surface area (Å²) in [7, 11) is 0. The van der Waals surface area contributed by atoms with E-state index in [0.29, 0.717) is 6.04 Å². The molecule has 15 heavy (non-hydrogen) atoms. The van der Waals surface area contributed by atoms with Gasteiger partial charge in [-0.15, -0.1) is 0 Å². The van der Waals surface area contributed by atoms with Crippen molar-refractivity contribution in [3.63, 3.8) is 0 Å². The average Bonchev–Trinajstić information content (AvgIpc) is 2.21. The second-order valence-electron chi connectivity index (χ2n) is 4.45. The Morgan fingerprint density at radius 3 is 2.33 bits per heavy atom. The molecule has 0 aliphatic carbocycles. The zero-order valence-corrected chi connectivity index (χ0v) is 10.4. The largest absolute Gasteiger partial charge is 0.382 e. The lowest BCUT2D eigenvalue weighted by Gasteiger charge is -2.18. The maximum Gasteiger partial charge on any atom is 0.0401 e. The van der Waals surface area contributed by atoms with Gasteiger partial charge in [-0.05, 0) is 38.3 Å². The first-order valence-corrected chi connectivity index (χ1v) is 5.98. The molecule has 0 fully saturated rings. The van der Waals surface area contributed by atoms with Crippen LogP contribution in [-0.4, -0.2) is 6.04 Å². The van der Waals surface area contributed by atoms with Crippen LogP contribution < -0.4 is 5.32 Å². The van der Waals surface area contributed by atoms with Crippen molar-refractivity contribution in [2.24, 2.45) is 0 Å². The van der Waals surface area contributed by atoms with Gasteiger partial charge in [-0.2, -0.15) is 0 Å². The molecular weight excluding hydrogens is 182 g/mol. The number of para-hydroxylation sites is 1. The molecule has 0 saturated heterocycles. The fourth-order valence-electron chi connectivity index (χ4n) is 1.87. The van der Waals surface area contributed by atoms with Gasteiger partial charge in [0.15, 0.2) is 0 Å². The number of hydrogen-bond donors (Lipinski definition) is 1. The van der Waals surface area contributed by atoms with Crippen LogP contribution in [0.15, 0.2) is 18.2 Å². The van der Waals surface area contributed by atoms with Crippen LogP contribution in [0.25, 0.3) is 0 Å². The molecule has 0 spiro atoms. The van der Waals surface area contributed by atoms with E-state index >= 15 is 0 Å². The molecular formula is C14H23N. The van der Waals surface area contributed by atoms with E-state index in [1.165, 1.54) is 36.1 Å². The second-order valence-corrected chi connectivity index (χ2v) is 4.45. The lowest BCUT2D eigenvalue weighted by atomic mass is 10.1. The van der Waals surface area contributed by atoms with Crippen molar-refractivity contribution in [2.75, 3.05) is 5.32 Å². The van der Waals surface area contributed by atoms with Gasteiger partial charge in [0.1, 0.15) is 0 Å². The summed E-state index contributed by atoms with van der Waals surface area (Å²) in [5.74, 6) is 0. The molecule has 1 rings (SSSR count). The lowest BCUT2D eigenvalue weighted by molar-refractivity contribution is 0.644. The molecule has 0 amide bonds. The van der Waals surface area contributed by atoms with Gasteiger partial charge >= 0.3 is 0 Å². The number of anilines is 1. The fourth-order valence-corrected chi connectivity index (χ4v) is 1.87. The monoisotopic (exact) mass is 205 g/mol. The van der Waals surface area contributed by atoms with E-state index in [4.69, 9.17) is 0 Å². The van der Waals surface area contributed by atoms with E-state index in [9.17, 15) is 0 Å². The van der Waals surface area contributed by atoms with Crippen LogP contribution in [0.3, 0.4) is 0 Å². The maximum absolute atomic E-state index is 3.61. The summed E-state index contributed by atoms with van der Waals surface area (Å²) in [4.78, 5) is 0. The molecule has 0 radical (unpaired) electrons. The standard InChI is InChI=1S/C14H23N/c1-5-6-10-13(4)15-14-11(2)8-7-9-12(14)3/h7-9,13,15H,5-6,10H2,1-4H3. The van der Waals surface area contributed by atoms with Gasteiger partial charge in [-0.1, -0.05) is 38.0 Å². The first-order valence-electron chi connectivity index (χ1n) is 5.98. The van der Waals surface area contributed by atoms with E-state index in [2.05, 4.69) is 51.2 Å². The smallest absolute Gasteiger partial charge is 0.0401 e. The van der Waals surface area contributed by atoms with Crippen molar-refractivity contribution in [2.45, 2.75) is 53.0 Å². The van der Waals surface area contributed by atoms with Crippen LogP contribution in [0, 0.1) is 13.8 Å². The molecule has 0 aromatic heterocycles. The lowest BCUT2D eigenvalue weighted by Crippen LogP contribution is -2.16. The van der Waals surface area contributed by atoms with Crippen LogP contribution in [0.1, 0.15) is 44.2 Å². The molecule has 1 unspecified atom stereocenters. The molecule has 1 aromatic rings. The Labute approximate surface area is 93.9 Å². The minimum Gasteiger partial charge on any atom is -0.382 e. The number of benzene rings is 1. The SMILES string of the molecule is CCCCC(C)Nc1c(C)cccc1C. The number of unbranched alkanes of at least 4 members (excludes halogenated alkanes) is 1. The molecule has 1 atom stereocenters. The summed E-state index contributed by atoms with van der Waals surface area (Å²) < 4.78 is 0. The summed E-state index contributed by atoms with van der Waals surface area (Å²) in [6.45, 7) is 8.84. The van der Waals surface area contributed by atoms with Crippen LogP contribution in [0.4, 0.5) is 5.69 Å². The zero-order valence-electron chi connectivity index (χ0n) is 10.4. The van der Waals surface area contributed by atoms with Crippen LogP contribution in [0.5, 0.6) is 0 Å². The van der Waals surface area contributed by atoms with Crippen molar-refractivity contribution in [3.05, 3.63) is 29.3 Å². The van der Waals surface area contributed by atoms with E-state index in [0.717, 1.165) is 0 Å². The van der Waals surface area contributed by atoms with Crippen molar-refractivity contribution in [1.82, 2.24) is 0 Å². The molecule has 1 aromatic carbocycles. The van der Waals surface area contributed by atoms with E-state index in [1.54, 1.807) is 0 Å². The average molecular weight is 205 g/mol. The van der Waals surface area contributed by atoms with Crippen molar-refractivity contribution in [3.8, 4) is 0 Å². The number of hydrogen-bond acceptors (Lipinski definition) is 1. The van der Waals surface area contributed by atoms with Crippen LogP contribution >= 0.6 is 0 Å². The Hall–Kier alpha value is -0.980. The van der Waals surface area contributed by atoms with Gasteiger partial charge in [-0.25, -0.2) is 0 Å². The normalized spacial score (nSPS) is 12.5. The zero-order chi connectivity index (χ0) is 11.3. The Morgan fingerprint density at radius 1 is 1.20 bits per heavy atom. The summed E-state index contributed by atoms with van der Waals surface area (Å²) >= 11 is 0. The molecule has 0 saturated carbocycles. The van der Waals surface area contributed by atoms with E-state index < -0.39 is 0 Å². The molecule has 0 aliphatic heterocycles. The molecule has 0 heterocycles. The van der Waals surface area contributed by atoms with Crippen LogP contribution in [-0.2, 0) is 0 Å². The highest BCUT2D eigenvalue weighted by Crippen LogP contribution is 2.21. The number of aryl methyl sites for hydroxylation is 2. The predicted molar refractivity (Wildman–Crippen MR) is 68.5 cm³/mol. The van der Waals surface area contributed by atoms with E-state index in [-0.39, 0.29) is 0 Å². The van der Waals surface area contributed by atoms with Gasteiger partial charge in [0.2, 0.25) is 0 Å². The van der Waals surface area contributed by atoms with Crippen LogP contribution in [0.2, 0.25) is 0 Å². The first kappa shape index (κ1) is 12.1. The van der Waals surface area contributed by atoms with Gasteiger partial charge in [0, 0.05) is 11.7 Å². The van der Waals surface area contributed by atoms with Gasteiger partial charge in [0.25, 0.3) is 0 Å². The number of rotatable bonds is 5. The highest BCUT2D eigenvalue weighted by atomic mass is 14.9. The minimum atomic E-state index is 0.574. The fraction of sp³-hybridized carbons (Fsp3) is 0.571. The van der Waals surface area contributed by atoms with Gasteiger partial charge < -0.3 is 5.32 Å². The summed E-state index contributed by atoms with van der Waals surface area (Å²) in [5, 5.41) is 3.61. The van der Waals surface area contributed by atoms with E-state index in [1.807, 2.05) is 0 Å². The molecule has 1 N–H and O–H groups in total. The maximum atomic E-state index is 3.61. The Bertz CT molecular complexity index is 284. The summed E-state index contributed by atoms with van der Waals surface area (Å²) in [6.07, 6.45) is 3.84. The van der Waals surface area contributed by atoms with Gasteiger partial charge in [-0.3, -0.25) is 0 Å². The van der Waals surface area contributed by atoms with Crippen molar-refractivity contribution < 1.29 is 0 Å². The third kappa shape index (κ3) is 3.58. The third-order valence-corrected chi connectivity index (χ3v) is 2.86. The Morgan fingerprint density at radius 2 is 1.80 bits per heavy atom. The summed E-state index contributed by atoms with van der Waals surface area (Å²) in [5.41, 5.74) is 4.01. The first-order chi connectivity index (χ1) is 7.15. The molecule has 84 valence electrons. The Balaban J connectivity index is 2.63. The topological polar surface area (TPSA) is 12.0 Å². The summed E-state index contributed by atoms with van der Waals surface area (Å²) in [6, 6.07) is 7.03.